The maximum Gasteiger partial charge on any atom is 0.293 e. The van der Waals surface area contributed by atoms with Crippen molar-refractivity contribution in [1.29, 1.82) is 0 Å². The number of rotatable bonds is 5. The smallest absolute Gasteiger partial charge is 0.293 e. The molecule has 5 nitrogen and oxygen atoms in total. The van der Waals surface area contributed by atoms with Gasteiger partial charge in [-0.1, -0.05) is 30.3 Å². The largest absolute Gasteiger partial charge is 0.363 e. The van der Waals surface area contributed by atoms with E-state index in [-0.39, 0.29) is 5.56 Å². The lowest BCUT2D eigenvalue weighted by Gasteiger charge is -2.38. The van der Waals surface area contributed by atoms with Crippen LogP contribution in [0.1, 0.15) is 32.3 Å². The van der Waals surface area contributed by atoms with E-state index >= 15 is 0 Å². The number of nitrogens with zero attached hydrogens (tertiary/aromatic N) is 3. The van der Waals surface area contributed by atoms with Crippen LogP contribution >= 0.6 is 0 Å². The standard InChI is InChI=1S/C19H26N4O/c1-3-22-12-10-20-18(19(22)24)21-17-9-11-23(15(2)13-17)14-16-7-5-4-6-8-16/h4-8,10,12,15,17H,3,9,11,13-14H2,1-2H3,(H,20,21)/t15-,17+/m0/s1. The summed E-state index contributed by atoms with van der Waals surface area (Å²) in [6, 6.07) is 11.4. The van der Waals surface area contributed by atoms with E-state index in [1.807, 2.05) is 6.92 Å². The van der Waals surface area contributed by atoms with Crippen LogP contribution in [0.5, 0.6) is 0 Å². The Morgan fingerprint density at radius 2 is 2.08 bits per heavy atom. The fourth-order valence-corrected chi connectivity index (χ4v) is 3.39. The third-order valence-corrected chi connectivity index (χ3v) is 4.84. The SMILES string of the molecule is CCn1ccnc(N[C@@H]2CCN(Cc3ccccc3)[C@@H](C)C2)c1=O. The highest BCUT2D eigenvalue weighted by atomic mass is 16.1. The van der Waals surface area contributed by atoms with Crippen LogP contribution in [0.15, 0.2) is 47.5 Å². The Balaban J connectivity index is 1.61. The van der Waals surface area contributed by atoms with E-state index in [9.17, 15) is 4.79 Å². The predicted molar refractivity (Wildman–Crippen MR) is 97.1 cm³/mol. The molecule has 1 aromatic heterocycles. The normalized spacial score (nSPS) is 21.6. The molecule has 1 N–H and O–H groups in total. The molecule has 0 unspecified atom stereocenters. The maximum absolute atomic E-state index is 12.3. The van der Waals surface area contributed by atoms with Gasteiger partial charge in [0.2, 0.25) is 0 Å². The van der Waals surface area contributed by atoms with Crippen LogP contribution in [0.3, 0.4) is 0 Å². The second kappa shape index (κ2) is 7.62. The fraction of sp³-hybridized carbons (Fsp3) is 0.474. The summed E-state index contributed by atoms with van der Waals surface area (Å²) in [5.41, 5.74) is 1.32. The van der Waals surface area contributed by atoms with Gasteiger partial charge in [0.05, 0.1) is 0 Å². The number of piperidine rings is 1. The Bertz CT molecular complexity index is 713. The van der Waals surface area contributed by atoms with Crippen LogP contribution in [0.4, 0.5) is 5.82 Å². The first-order chi connectivity index (χ1) is 11.7. The molecule has 1 saturated heterocycles. The van der Waals surface area contributed by atoms with Crippen molar-refractivity contribution < 1.29 is 0 Å². The first kappa shape index (κ1) is 16.7. The first-order valence-corrected chi connectivity index (χ1v) is 8.77. The predicted octanol–water partition coefficient (Wildman–Crippen LogP) is 2.73. The molecule has 1 fully saturated rings. The summed E-state index contributed by atoms with van der Waals surface area (Å²) >= 11 is 0. The van der Waals surface area contributed by atoms with Crippen molar-refractivity contribution in [3.63, 3.8) is 0 Å². The van der Waals surface area contributed by atoms with Gasteiger partial charge in [-0.25, -0.2) is 4.98 Å². The lowest BCUT2D eigenvalue weighted by atomic mass is 9.97. The molecule has 5 heteroatoms. The van der Waals surface area contributed by atoms with Crippen LogP contribution in [-0.2, 0) is 13.1 Å². The minimum Gasteiger partial charge on any atom is -0.363 e. The van der Waals surface area contributed by atoms with Gasteiger partial charge in [0.15, 0.2) is 5.82 Å². The van der Waals surface area contributed by atoms with Gasteiger partial charge in [-0.3, -0.25) is 9.69 Å². The number of hydrogen-bond acceptors (Lipinski definition) is 4. The number of aromatic nitrogens is 2. The van der Waals surface area contributed by atoms with Crippen molar-refractivity contribution in [3.8, 4) is 0 Å². The Kier molecular flexibility index (Phi) is 5.30. The van der Waals surface area contributed by atoms with Gasteiger partial charge in [-0.15, -0.1) is 0 Å². The number of hydrogen-bond donors (Lipinski definition) is 1. The van der Waals surface area contributed by atoms with Gasteiger partial charge in [0.25, 0.3) is 5.56 Å². The van der Waals surface area contributed by atoms with Crippen molar-refractivity contribution in [2.24, 2.45) is 0 Å². The van der Waals surface area contributed by atoms with Gasteiger partial charge in [0, 0.05) is 44.1 Å². The van der Waals surface area contributed by atoms with Gasteiger partial charge in [0.1, 0.15) is 0 Å². The number of nitrogens with one attached hydrogen (secondary N) is 1. The maximum atomic E-state index is 12.3. The summed E-state index contributed by atoms with van der Waals surface area (Å²) in [6.07, 6.45) is 5.48. The molecule has 1 aliphatic rings. The molecule has 3 rings (SSSR count). The van der Waals surface area contributed by atoms with E-state index in [4.69, 9.17) is 0 Å². The Hall–Kier alpha value is -2.14. The molecule has 1 aromatic carbocycles. The zero-order valence-electron chi connectivity index (χ0n) is 14.5. The molecular formula is C19H26N4O. The van der Waals surface area contributed by atoms with Crippen molar-refractivity contribution in [3.05, 3.63) is 58.6 Å². The van der Waals surface area contributed by atoms with Crippen LogP contribution < -0.4 is 10.9 Å². The van der Waals surface area contributed by atoms with E-state index in [0.717, 1.165) is 25.9 Å². The third kappa shape index (κ3) is 3.85. The van der Waals surface area contributed by atoms with Crippen molar-refractivity contribution in [2.75, 3.05) is 11.9 Å². The van der Waals surface area contributed by atoms with Gasteiger partial charge >= 0.3 is 0 Å². The van der Waals surface area contributed by atoms with Gasteiger partial charge in [-0.05, 0) is 32.3 Å². The Morgan fingerprint density at radius 3 is 2.79 bits per heavy atom. The number of benzene rings is 1. The average Bonchev–Trinajstić information content (AvgIpc) is 2.60. The molecule has 0 radical (unpaired) electrons. The summed E-state index contributed by atoms with van der Waals surface area (Å²) < 4.78 is 1.68. The zero-order valence-corrected chi connectivity index (χ0v) is 14.5. The van der Waals surface area contributed by atoms with E-state index in [0.29, 0.717) is 24.4 Å². The molecule has 2 heterocycles. The number of likely N-dealkylation sites (tertiary alicyclic amines) is 1. The highest BCUT2D eigenvalue weighted by Crippen LogP contribution is 2.21. The molecule has 128 valence electrons. The first-order valence-electron chi connectivity index (χ1n) is 8.77. The summed E-state index contributed by atoms with van der Waals surface area (Å²) in [7, 11) is 0. The van der Waals surface area contributed by atoms with Gasteiger partial charge < -0.3 is 9.88 Å². The topological polar surface area (TPSA) is 50.2 Å². The Labute approximate surface area is 143 Å². The van der Waals surface area contributed by atoms with Crippen LogP contribution in [-0.4, -0.2) is 33.1 Å². The molecule has 2 aromatic rings. The Morgan fingerprint density at radius 1 is 1.29 bits per heavy atom. The van der Waals surface area contributed by atoms with Crippen molar-refractivity contribution in [1.82, 2.24) is 14.5 Å². The van der Waals surface area contributed by atoms with Gasteiger partial charge in [-0.2, -0.15) is 0 Å². The fourth-order valence-electron chi connectivity index (χ4n) is 3.39. The molecule has 0 spiro atoms. The molecule has 0 saturated carbocycles. The van der Waals surface area contributed by atoms with Crippen LogP contribution in [0, 0.1) is 0 Å². The summed E-state index contributed by atoms with van der Waals surface area (Å²) in [4.78, 5) is 19.0. The summed E-state index contributed by atoms with van der Waals surface area (Å²) in [5, 5.41) is 3.37. The lowest BCUT2D eigenvalue weighted by Crippen LogP contribution is -2.45. The molecule has 1 aliphatic heterocycles. The quantitative estimate of drug-likeness (QED) is 0.918. The molecular weight excluding hydrogens is 300 g/mol. The minimum absolute atomic E-state index is 0.0284. The van der Waals surface area contributed by atoms with E-state index < -0.39 is 0 Å². The second-order valence-electron chi connectivity index (χ2n) is 6.54. The molecule has 24 heavy (non-hydrogen) atoms. The zero-order chi connectivity index (χ0) is 16.9. The third-order valence-electron chi connectivity index (χ3n) is 4.84. The average molecular weight is 326 g/mol. The molecule has 0 amide bonds. The van der Waals surface area contributed by atoms with Crippen molar-refractivity contribution >= 4 is 5.82 Å². The van der Waals surface area contributed by atoms with Crippen LogP contribution in [0.2, 0.25) is 0 Å². The monoisotopic (exact) mass is 326 g/mol. The summed E-state index contributed by atoms with van der Waals surface area (Å²) in [5.74, 6) is 0.480. The lowest BCUT2D eigenvalue weighted by molar-refractivity contribution is 0.144. The van der Waals surface area contributed by atoms with E-state index in [2.05, 4.69) is 52.5 Å². The van der Waals surface area contributed by atoms with Crippen LogP contribution in [0.25, 0.3) is 0 Å². The molecule has 0 aliphatic carbocycles. The highest BCUT2D eigenvalue weighted by molar-refractivity contribution is 5.32. The number of anilines is 1. The molecule has 0 bridgehead atoms. The summed E-state index contributed by atoms with van der Waals surface area (Å²) in [6.45, 7) is 6.92. The number of aryl methyl sites for hydroxylation is 1. The van der Waals surface area contributed by atoms with E-state index in [1.54, 1.807) is 17.0 Å². The highest BCUT2D eigenvalue weighted by Gasteiger charge is 2.26. The van der Waals surface area contributed by atoms with E-state index in [1.165, 1.54) is 5.56 Å². The second-order valence-corrected chi connectivity index (χ2v) is 6.54. The minimum atomic E-state index is -0.0284. The van der Waals surface area contributed by atoms with Crippen molar-refractivity contribution in [2.45, 2.75) is 51.9 Å². The molecule has 2 atom stereocenters.